The fourth-order valence-electron chi connectivity index (χ4n) is 1.62. The Morgan fingerprint density at radius 1 is 1.47 bits per heavy atom. The highest BCUT2D eigenvalue weighted by atomic mass is 32.2. The van der Waals surface area contributed by atoms with Crippen molar-refractivity contribution in [2.24, 2.45) is 12.8 Å². The van der Waals surface area contributed by atoms with Gasteiger partial charge in [-0.1, -0.05) is 27.7 Å². The Bertz CT molecular complexity index is 352. The van der Waals surface area contributed by atoms with E-state index in [0.29, 0.717) is 4.75 Å². The number of thioether (sulfide) groups is 1. The molecule has 17 heavy (non-hydrogen) atoms. The Balaban J connectivity index is 2.50. The number of hydrogen-bond donors (Lipinski definition) is 1. The summed E-state index contributed by atoms with van der Waals surface area (Å²) in [5.41, 5.74) is 8.56. The van der Waals surface area contributed by atoms with Gasteiger partial charge in [0.15, 0.2) is 0 Å². The van der Waals surface area contributed by atoms with Crippen LogP contribution in [0.25, 0.3) is 0 Å². The topological polar surface area (TPSA) is 43.8 Å². The lowest BCUT2D eigenvalue weighted by molar-refractivity contribution is 0.648. The van der Waals surface area contributed by atoms with Crippen LogP contribution in [0.2, 0.25) is 0 Å². The minimum absolute atomic E-state index is 0.208. The van der Waals surface area contributed by atoms with Gasteiger partial charge in [0.2, 0.25) is 0 Å². The molecule has 1 rings (SSSR count). The van der Waals surface area contributed by atoms with Gasteiger partial charge in [0.1, 0.15) is 0 Å². The third-order valence-electron chi connectivity index (χ3n) is 2.59. The molecule has 98 valence electrons. The molecule has 0 amide bonds. The van der Waals surface area contributed by atoms with E-state index < -0.39 is 0 Å². The summed E-state index contributed by atoms with van der Waals surface area (Å²) in [5, 5.41) is 4.45. The van der Waals surface area contributed by atoms with Gasteiger partial charge in [-0.2, -0.15) is 16.9 Å². The van der Waals surface area contributed by atoms with Crippen LogP contribution in [0.1, 0.15) is 39.1 Å². The molecule has 0 aliphatic heterocycles. The molecule has 0 fully saturated rings. The Morgan fingerprint density at radius 3 is 2.59 bits per heavy atom. The van der Waals surface area contributed by atoms with Gasteiger partial charge < -0.3 is 5.73 Å². The van der Waals surface area contributed by atoms with Crippen LogP contribution in [-0.4, -0.2) is 26.3 Å². The molecule has 0 radical (unpaired) electrons. The lowest BCUT2D eigenvalue weighted by Crippen LogP contribution is -2.28. The van der Waals surface area contributed by atoms with Crippen LogP contribution in [0.15, 0.2) is 6.07 Å². The summed E-state index contributed by atoms with van der Waals surface area (Å²) in [6.07, 6.45) is 1.90. The maximum atomic E-state index is 6.17. The van der Waals surface area contributed by atoms with E-state index in [4.69, 9.17) is 5.73 Å². The zero-order valence-corrected chi connectivity index (χ0v) is 12.5. The summed E-state index contributed by atoms with van der Waals surface area (Å²) < 4.78 is 2.25. The fourth-order valence-corrected chi connectivity index (χ4v) is 2.45. The molecule has 0 aliphatic rings. The highest BCUT2D eigenvalue weighted by Gasteiger charge is 2.15. The predicted molar refractivity (Wildman–Crippen MR) is 76.5 cm³/mol. The molecule has 0 aromatic carbocycles. The molecule has 0 saturated heterocycles. The first-order valence-corrected chi connectivity index (χ1v) is 7.21. The number of hydrogen-bond acceptors (Lipinski definition) is 3. The summed E-state index contributed by atoms with van der Waals surface area (Å²) in [6, 6.07) is 2.38. The fraction of sp³-hybridized carbons (Fsp3) is 0.769. The Hall–Kier alpha value is -0.480. The van der Waals surface area contributed by atoms with Crippen LogP contribution < -0.4 is 5.73 Å². The van der Waals surface area contributed by atoms with Gasteiger partial charge in [-0.15, -0.1) is 0 Å². The van der Waals surface area contributed by atoms with Crippen LogP contribution in [-0.2, 0) is 19.9 Å². The molecule has 0 bridgehead atoms. The highest BCUT2D eigenvalue weighted by molar-refractivity contribution is 8.00. The lowest BCUT2D eigenvalue weighted by Gasteiger charge is -2.20. The standard InChI is InChI=1S/C13H25N3S/c1-6-11-8-12(16(5)15-11)7-10(14)9-17-13(2,3)4/h8,10H,6-7,9,14H2,1-5H3. The van der Waals surface area contributed by atoms with Gasteiger partial charge >= 0.3 is 0 Å². The van der Waals surface area contributed by atoms with Crippen molar-refractivity contribution in [2.45, 2.75) is 51.3 Å². The van der Waals surface area contributed by atoms with Crippen molar-refractivity contribution < 1.29 is 0 Å². The van der Waals surface area contributed by atoms with Gasteiger partial charge in [0, 0.05) is 35.7 Å². The van der Waals surface area contributed by atoms with Crippen molar-refractivity contribution in [3.8, 4) is 0 Å². The molecule has 0 saturated carbocycles. The highest BCUT2D eigenvalue weighted by Crippen LogP contribution is 2.24. The van der Waals surface area contributed by atoms with E-state index in [1.165, 1.54) is 5.69 Å². The van der Waals surface area contributed by atoms with Crippen molar-refractivity contribution >= 4 is 11.8 Å². The number of aromatic nitrogens is 2. The molecule has 4 heteroatoms. The van der Waals surface area contributed by atoms with Crippen LogP contribution in [0, 0.1) is 0 Å². The molecule has 1 aromatic heterocycles. The second-order valence-corrected chi connectivity index (χ2v) is 7.34. The van der Waals surface area contributed by atoms with Crippen LogP contribution >= 0.6 is 11.8 Å². The molecular formula is C13H25N3S. The molecule has 0 aliphatic carbocycles. The van der Waals surface area contributed by atoms with Crippen molar-refractivity contribution in [3.05, 3.63) is 17.5 Å². The van der Waals surface area contributed by atoms with Crippen molar-refractivity contribution in [3.63, 3.8) is 0 Å². The van der Waals surface area contributed by atoms with Crippen molar-refractivity contribution in [1.82, 2.24) is 9.78 Å². The normalized spacial score (nSPS) is 14.0. The quantitative estimate of drug-likeness (QED) is 0.878. The predicted octanol–water partition coefficient (Wildman–Crippen LogP) is 2.38. The Kier molecular flexibility index (Phi) is 5.07. The molecule has 1 unspecified atom stereocenters. The van der Waals surface area contributed by atoms with Gasteiger partial charge in [-0.25, -0.2) is 0 Å². The van der Waals surface area contributed by atoms with Crippen LogP contribution in [0.5, 0.6) is 0 Å². The first-order valence-electron chi connectivity index (χ1n) is 6.23. The summed E-state index contributed by atoms with van der Waals surface area (Å²) in [5.74, 6) is 0.996. The number of rotatable bonds is 5. The summed E-state index contributed by atoms with van der Waals surface area (Å²) >= 11 is 1.92. The van der Waals surface area contributed by atoms with Gasteiger partial charge in [0.05, 0.1) is 5.69 Å². The third kappa shape index (κ3) is 5.13. The maximum absolute atomic E-state index is 6.17. The Morgan fingerprint density at radius 2 is 2.12 bits per heavy atom. The van der Waals surface area contributed by atoms with Gasteiger partial charge in [-0.3, -0.25) is 4.68 Å². The largest absolute Gasteiger partial charge is 0.327 e. The monoisotopic (exact) mass is 255 g/mol. The van der Waals surface area contributed by atoms with E-state index >= 15 is 0 Å². The number of nitrogens with two attached hydrogens (primary N) is 1. The van der Waals surface area contributed by atoms with Crippen LogP contribution in [0.4, 0.5) is 0 Å². The minimum atomic E-state index is 0.208. The van der Waals surface area contributed by atoms with E-state index in [-0.39, 0.29) is 6.04 Å². The zero-order valence-electron chi connectivity index (χ0n) is 11.7. The summed E-state index contributed by atoms with van der Waals surface area (Å²) in [4.78, 5) is 0. The van der Waals surface area contributed by atoms with E-state index in [2.05, 4.69) is 38.9 Å². The maximum Gasteiger partial charge on any atom is 0.0624 e. The second kappa shape index (κ2) is 5.91. The average Bonchev–Trinajstić information content (AvgIpc) is 2.56. The molecule has 1 atom stereocenters. The lowest BCUT2D eigenvalue weighted by atomic mass is 10.2. The SMILES string of the molecule is CCc1cc(CC(N)CSC(C)(C)C)n(C)n1. The molecule has 3 nitrogen and oxygen atoms in total. The summed E-state index contributed by atoms with van der Waals surface area (Å²) in [7, 11) is 2.00. The number of aryl methyl sites for hydroxylation is 2. The second-order valence-electron chi connectivity index (χ2n) is 5.49. The van der Waals surface area contributed by atoms with Gasteiger partial charge in [0.25, 0.3) is 0 Å². The molecule has 0 spiro atoms. The van der Waals surface area contributed by atoms with Crippen molar-refractivity contribution in [1.29, 1.82) is 0 Å². The molecular weight excluding hydrogens is 230 g/mol. The smallest absolute Gasteiger partial charge is 0.0624 e. The molecule has 2 N–H and O–H groups in total. The van der Waals surface area contributed by atoms with E-state index in [9.17, 15) is 0 Å². The number of nitrogens with zero attached hydrogens (tertiary/aromatic N) is 2. The van der Waals surface area contributed by atoms with E-state index in [1.54, 1.807) is 0 Å². The summed E-state index contributed by atoms with van der Waals surface area (Å²) in [6.45, 7) is 8.80. The van der Waals surface area contributed by atoms with Gasteiger partial charge in [-0.05, 0) is 12.5 Å². The van der Waals surface area contributed by atoms with E-state index in [1.807, 2.05) is 23.5 Å². The Labute approximate surface area is 109 Å². The average molecular weight is 255 g/mol. The first-order chi connectivity index (χ1) is 7.81. The molecule has 1 heterocycles. The van der Waals surface area contributed by atoms with Crippen molar-refractivity contribution in [2.75, 3.05) is 5.75 Å². The van der Waals surface area contributed by atoms with E-state index in [0.717, 1.165) is 24.3 Å². The third-order valence-corrected chi connectivity index (χ3v) is 4.05. The molecule has 1 aromatic rings. The van der Waals surface area contributed by atoms with Crippen LogP contribution in [0.3, 0.4) is 0 Å². The zero-order chi connectivity index (χ0) is 13.1. The minimum Gasteiger partial charge on any atom is -0.327 e. The first kappa shape index (κ1) is 14.6.